The lowest BCUT2D eigenvalue weighted by atomic mass is 10.0. The number of rotatable bonds is 34. The number of Topliss-reactive ketones (excluding diaryl/α,β-unsaturated/α-hetero) is 1. The molecule has 6 atom stereocenters. The number of hydrogen-bond donors (Lipinski definition) is 10. The highest BCUT2D eigenvalue weighted by Gasteiger charge is 2.34. The molecule has 6 heterocycles. The summed E-state index contributed by atoms with van der Waals surface area (Å²) in [5, 5.41) is 22.2. The van der Waals surface area contributed by atoms with Crippen LogP contribution in [0.25, 0.3) is 0 Å². The van der Waals surface area contributed by atoms with Gasteiger partial charge in [0, 0.05) is 13.8 Å². The third-order valence-electron chi connectivity index (χ3n) is 13.7. The van der Waals surface area contributed by atoms with Gasteiger partial charge >= 0.3 is 0 Å². The molecule has 6 rings (SSSR count). The van der Waals surface area contributed by atoms with E-state index in [4.69, 9.17) is 42.9 Å². The highest BCUT2D eigenvalue weighted by Crippen LogP contribution is 2.35. The first-order valence-corrected chi connectivity index (χ1v) is 33.9. The Hall–Kier alpha value is -5.89. The van der Waals surface area contributed by atoms with Gasteiger partial charge in [-0.25, -0.2) is 29.9 Å². The van der Waals surface area contributed by atoms with Gasteiger partial charge in [0.25, 0.3) is 29.5 Å². The molecular formula is C57H82N16O7S6. The maximum Gasteiger partial charge on any atom is 0.263 e. The second kappa shape index (κ2) is 32.9. The fraction of sp³-hybridized carbons (Fsp3) is 0.561. The van der Waals surface area contributed by atoms with Gasteiger partial charge in [0.2, 0.25) is 5.91 Å². The summed E-state index contributed by atoms with van der Waals surface area (Å²) in [4.78, 5) is 128. The molecule has 0 fully saturated rings. The molecule has 14 N–H and O–H groups in total. The average molecular weight is 1300 g/mol. The van der Waals surface area contributed by atoms with E-state index in [1.807, 2.05) is 0 Å². The van der Waals surface area contributed by atoms with E-state index in [1.165, 1.54) is 70.5 Å². The van der Waals surface area contributed by atoms with E-state index in [-0.39, 0.29) is 26.3 Å². The Balaban J connectivity index is 1.23. The van der Waals surface area contributed by atoms with Crippen LogP contribution in [0.4, 0.5) is 0 Å². The molecule has 6 amide bonds. The van der Waals surface area contributed by atoms with Crippen LogP contribution in [0.15, 0.2) is 0 Å². The van der Waals surface area contributed by atoms with Crippen molar-refractivity contribution in [3.05, 3.63) is 93.5 Å². The standard InChI is InChI=1S/C57H82N16O7S6/c1-27(41-47(31(5)74)81-33(7)67-41)62-53(76)49-43(72-39(85-49)21-13-17-25-60)30(4)65-56(79)52-46(70-36(10)84-52)38(20-12-16-24-59)71-57(80)48-42(68-34(8)82-48)28(2)63-54(77)50-44(73-40(86-50)22-14-18-26-61)29(3)64-55(78)51-45(69-35(9)83-51)37(66-32(6)75)19-11-15-23-58/h27-30,37-38H,11-26,58-61H2,1-10H3,(H,62,76)(H,63,77)(H,64,78)(H,65,79)(H,66,75)(H,71,80)/t27-,28-,29-,30-,37-,38-/m0/s1. The van der Waals surface area contributed by atoms with Gasteiger partial charge in [-0.1, -0.05) is 0 Å². The fourth-order valence-corrected chi connectivity index (χ4v) is 15.4. The topological polar surface area (TPSA) is 373 Å². The van der Waals surface area contributed by atoms with Crippen molar-refractivity contribution in [1.82, 2.24) is 61.8 Å². The van der Waals surface area contributed by atoms with Crippen molar-refractivity contribution >= 4 is 109 Å². The minimum absolute atomic E-state index is 0.145. The van der Waals surface area contributed by atoms with Crippen LogP contribution < -0.4 is 54.8 Å². The highest BCUT2D eigenvalue weighted by molar-refractivity contribution is 7.15. The number of carbonyl (C=O) groups is 7. The molecule has 0 radical (unpaired) electrons. The van der Waals surface area contributed by atoms with Crippen LogP contribution in [-0.2, 0) is 17.6 Å². The molecule has 6 aromatic rings. The number of thiazole rings is 6. The van der Waals surface area contributed by atoms with Crippen molar-refractivity contribution in [3.8, 4) is 0 Å². The number of aryl methyl sites for hydroxylation is 6. The number of carbonyl (C=O) groups excluding carboxylic acids is 7. The fourth-order valence-electron chi connectivity index (χ4n) is 9.63. The summed E-state index contributed by atoms with van der Waals surface area (Å²) in [6.07, 6.45) is 7.75. The van der Waals surface area contributed by atoms with Gasteiger partial charge in [0.1, 0.15) is 24.4 Å². The molecule has 0 aliphatic carbocycles. The van der Waals surface area contributed by atoms with Gasteiger partial charge in [0.15, 0.2) is 5.78 Å². The molecule has 29 heteroatoms. The molecule has 0 aromatic carbocycles. The van der Waals surface area contributed by atoms with Crippen molar-refractivity contribution in [1.29, 1.82) is 0 Å². The molecule has 468 valence electrons. The van der Waals surface area contributed by atoms with E-state index < -0.39 is 65.8 Å². The van der Waals surface area contributed by atoms with E-state index in [9.17, 15) is 33.6 Å². The first-order chi connectivity index (χ1) is 41.0. The zero-order chi connectivity index (χ0) is 62.9. The van der Waals surface area contributed by atoms with Gasteiger partial charge in [-0.05, 0) is 159 Å². The van der Waals surface area contributed by atoms with Crippen molar-refractivity contribution in [3.63, 3.8) is 0 Å². The number of ketones is 1. The zero-order valence-corrected chi connectivity index (χ0v) is 55.5. The summed E-state index contributed by atoms with van der Waals surface area (Å²) < 4.78 is 0. The minimum Gasteiger partial charge on any atom is -0.348 e. The Morgan fingerprint density at radius 1 is 0.360 bits per heavy atom. The molecule has 0 saturated heterocycles. The number of amides is 6. The van der Waals surface area contributed by atoms with E-state index in [2.05, 4.69) is 41.9 Å². The lowest BCUT2D eigenvalue weighted by molar-refractivity contribution is -0.119. The molecule has 0 bridgehead atoms. The molecule has 0 aliphatic heterocycles. The maximum absolute atomic E-state index is 14.7. The Labute approximate surface area is 526 Å². The lowest BCUT2D eigenvalue weighted by Gasteiger charge is -2.20. The van der Waals surface area contributed by atoms with Crippen LogP contribution in [0.5, 0.6) is 0 Å². The molecular weight excluding hydrogens is 1210 g/mol. The summed E-state index contributed by atoms with van der Waals surface area (Å²) in [5.74, 6) is -2.69. The molecule has 6 aromatic heterocycles. The van der Waals surface area contributed by atoms with E-state index in [1.54, 1.807) is 55.4 Å². The van der Waals surface area contributed by atoms with Crippen LogP contribution in [-0.4, -0.2) is 97.3 Å². The second-order valence-corrected chi connectivity index (χ2v) is 28.1. The molecule has 0 unspecified atom stereocenters. The SMILES string of the molecule is CC(=O)N[C@@H](CCCCN)c1nc(C)sc1C(=O)N[C@@H](C)c1nc(CCCCN)sc1C(=O)N[C@@H](C)c1nc(C)sc1C(=O)N[C@@H](CCCCN)c1nc(C)sc1C(=O)N[C@@H](C)c1nc(CCCCN)sc1C(=O)N[C@@H](C)c1nc(C)sc1C(C)=O. The maximum atomic E-state index is 14.7. The molecule has 86 heavy (non-hydrogen) atoms. The summed E-state index contributed by atoms with van der Waals surface area (Å²) in [5.41, 5.74) is 25.7. The first-order valence-electron chi connectivity index (χ1n) is 29.0. The summed E-state index contributed by atoms with van der Waals surface area (Å²) in [7, 11) is 0. The number of hydrogen-bond acceptors (Lipinski definition) is 23. The number of nitrogens with two attached hydrogens (primary N) is 4. The normalized spacial score (nSPS) is 13.6. The van der Waals surface area contributed by atoms with Crippen LogP contribution in [0.3, 0.4) is 0 Å². The molecule has 0 spiro atoms. The van der Waals surface area contributed by atoms with Gasteiger partial charge in [-0.3, -0.25) is 33.6 Å². The van der Waals surface area contributed by atoms with Crippen LogP contribution in [0.2, 0.25) is 0 Å². The number of nitrogens with one attached hydrogen (secondary N) is 6. The minimum atomic E-state index is -0.793. The smallest absolute Gasteiger partial charge is 0.263 e. The first kappa shape index (κ1) is 69.2. The third-order valence-corrected chi connectivity index (χ3v) is 20.0. The van der Waals surface area contributed by atoms with Gasteiger partial charge in [0.05, 0.1) is 105 Å². The molecule has 0 aliphatic rings. The Kier molecular flexibility index (Phi) is 26.5. The molecule has 0 saturated carbocycles. The number of unbranched alkanes of at least 4 members (excludes halogenated alkanes) is 4. The lowest BCUT2D eigenvalue weighted by Crippen LogP contribution is -2.34. The summed E-state index contributed by atoms with van der Waals surface area (Å²) >= 11 is 7.29. The Morgan fingerprint density at radius 3 is 0.988 bits per heavy atom. The van der Waals surface area contributed by atoms with Crippen LogP contribution in [0.1, 0.15) is 264 Å². The largest absolute Gasteiger partial charge is 0.348 e. The quantitative estimate of drug-likeness (QED) is 0.0134. The van der Waals surface area contributed by atoms with Gasteiger partial charge < -0.3 is 54.8 Å². The second-order valence-electron chi connectivity index (χ2n) is 21.1. The highest BCUT2D eigenvalue weighted by atomic mass is 32.1. The summed E-state index contributed by atoms with van der Waals surface area (Å²) in [6, 6.07) is -4.16. The van der Waals surface area contributed by atoms with Gasteiger partial charge in [-0.15, -0.1) is 68.0 Å². The molecule has 23 nitrogen and oxygen atoms in total. The average Bonchev–Trinajstić information content (AvgIpc) is 3.08. The van der Waals surface area contributed by atoms with Crippen molar-refractivity contribution in [2.45, 2.75) is 183 Å². The van der Waals surface area contributed by atoms with Gasteiger partial charge in [-0.2, -0.15) is 0 Å². The third kappa shape index (κ3) is 18.6. The van der Waals surface area contributed by atoms with E-state index in [0.29, 0.717) is 144 Å². The predicted octanol–water partition coefficient (Wildman–Crippen LogP) is 8.29. The van der Waals surface area contributed by atoms with E-state index >= 15 is 0 Å². The monoisotopic (exact) mass is 1290 g/mol. The van der Waals surface area contributed by atoms with Crippen molar-refractivity contribution in [2.75, 3.05) is 26.2 Å². The Bertz CT molecular complexity index is 3330. The number of nitrogens with zero attached hydrogens (tertiary/aromatic N) is 6. The van der Waals surface area contributed by atoms with Crippen LogP contribution >= 0.6 is 68.0 Å². The van der Waals surface area contributed by atoms with Crippen molar-refractivity contribution < 1.29 is 33.6 Å². The number of aromatic nitrogens is 6. The summed E-state index contributed by atoms with van der Waals surface area (Å²) in [6.45, 7) is 19.0. The van der Waals surface area contributed by atoms with Crippen molar-refractivity contribution in [2.24, 2.45) is 22.9 Å². The zero-order valence-electron chi connectivity index (χ0n) is 50.6. The van der Waals surface area contributed by atoms with Crippen LogP contribution in [0, 0.1) is 27.7 Å². The Morgan fingerprint density at radius 2 is 0.640 bits per heavy atom. The predicted molar refractivity (Wildman–Crippen MR) is 342 cm³/mol. The van der Waals surface area contributed by atoms with E-state index in [0.717, 1.165) is 49.9 Å².